The van der Waals surface area contributed by atoms with Crippen molar-refractivity contribution in [3.63, 3.8) is 0 Å². The number of hydrogen-bond donors (Lipinski definition) is 0. The van der Waals surface area contributed by atoms with Crippen molar-refractivity contribution in [2.75, 3.05) is 13.1 Å². The lowest BCUT2D eigenvalue weighted by atomic mass is 10.1. The second-order valence-electron chi connectivity index (χ2n) is 5.99. The third-order valence-corrected chi connectivity index (χ3v) is 4.28. The molecule has 1 aliphatic rings. The summed E-state index contributed by atoms with van der Waals surface area (Å²) in [6, 6.07) is 12.7. The van der Waals surface area contributed by atoms with Crippen LogP contribution >= 0.6 is 0 Å². The third kappa shape index (κ3) is 2.82. The number of likely N-dealkylation sites (tertiary alicyclic amines) is 1. The minimum absolute atomic E-state index is 0.0986. The molecule has 0 radical (unpaired) electrons. The van der Waals surface area contributed by atoms with Crippen LogP contribution in [0.4, 0.5) is 0 Å². The van der Waals surface area contributed by atoms with Crippen molar-refractivity contribution in [1.82, 2.24) is 29.7 Å². The van der Waals surface area contributed by atoms with Gasteiger partial charge < -0.3 is 4.90 Å². The van der Waals surface area contributed by atoms with Gasteiger partial charge in [-0.3, -0.25) is 9.59 Å². The molecule has 126 valence electrons. The summed E-state index contributed by atoms with van der Waals surface area (Å²) in [4.78, 5) is 25.4. The molecule has 1 amide bonds. The molecule has 8 nitrogen and oxygen atoms in total. The maximum atomic E-state index is 12.4. The highest BCUT2D eigenvalue weighted by Crippen LogP contribution is 2.24. The predicted molar refractivity (Wildman–Crippen MR) is 89.9 cm³/mol. The highest BCUT2D eigenvalue weighted by Gasteiger charge is 2.34. The van der Waals surface area contributed by atoms with Crippen molar-refractivity contribution in [2.24, 2.45) is 7.05 Å². The number of carbonyl (C=O) groups is 1. The molecule has 0 N–H and O–H groups in total. The first kappa shape index (κ1) is 15.3. The average molecular weight is 336 g/mol. The first-order valence-electron chi connectivity index (χ1n) is 7.93. The van der Waals surface area contributed by atoms with E-state index in [0.717, 1.165) is 15.9 Å². The molecule has 1 aromatic carbocycles. The van der Waals surface area contributed by atoms with Crippen molar-refractivity contribution >= 4 is 5.91 Å². The zero-order valence-corrected chi connectivity index (χ0v) is 13.6. The van der Waals surface area contributed by atoms with Crippen molar-refractivity contribution in [3.05, 3.63) is 64.7 Å². The molecule has 25 heavy (non-hydrogen) atoms. The van der Waals surface area contributed by atoms with E-state index in [-0.39, 0.29) is 23.2 Å². The average Bonchev–Trinajstić information content (AvgIpc) is 3.06. The topological polar surface area (TPSA) is 85.9 Å². The summed E-state index contributed by atoms with van der Waals surface area (Å²) in [5.74, 6) is -0.185. The molecule has 8 heteroatoms. The molecule has 3 heterocycles. The van der Waals surface area contributed by atoms with Gasteiger partial charge in [-0.25, -0.2) is 9.36 Å². The summed E-state index contributed by atoms with van der Waals surface area (Å²) in [6.07, 6.45) is 1.90. The summed E-state index contributed by atoms with van der Waals surface area (Å²) in [5, 5.41) is 12.4. The minimum atomic E-state index is -0.242. The van der Waals surface area contributed by atoms with Crippen LogP contribution < -0.4 is 5.56 Å². The number of carbonyl (C=O) groups excluding carboxylic acids is 1. The molecule has 0 aliphatic carbocycles. The van der Waals surface area contributed by atoms with Gasteiger partial charge in [0.1, 0.15) is 11.4 Å². The van der Waals surface area contributed by atoms with E-state index in [1.54, 1.807) is 9.58 Å². The fraction of sp³-hybridized carbons (Fsp3) is 0.235. The number of nitrogens with zero attached hydrogens (tertiary/aromatic N) is 6. The first-order valence-corrected chi connectivity index (χ1v) is 7.93. The van der Waals surface area contributed by atoms with Crippen LogP contribution in [0.2, 0.25) is 0 Å². The quantitative estimate of drug-likeness (QED) is 0.704. The molecule has 0 saturated carbocycles. The Balaban J connectivity index is 1.43. The molecule has 1 aliphatic heterocycles. The fourth-order valence-electron chi connectivity index (χ4n) is 2.76. The van der Waals surface area contributed by atoms with Gasteiger partial charge in [-0.15, -0.1) is 5.10 Å². The van der Waals surface area contributed by atoms with Gasteiger partial charge in [0.2, 0.25) is 0 Å². The van der Waals surface area contributed by atoms with E-state index in [9.17, 15) is 9.59 Å². The number of benzene rings is 1. The van der Waals surface area contributed by atoms with Crippen LogP contribution in [0.15, 0.2) is 53.5 Å². The fourth-order valence-corrected chi connectivity index (χ4v) is 2.76. The molecule has 2 aromatic heterocycles. The Bertz CT molecular complexity index is 972. The molecule has 1 saturated heterocycles. The lowest BCUT2D eigenvalue weighted by Gasteiger charge is -2.38. The van der Waals surface area contributed by atoms with Gasteiger partial charge in [-0.2, -0.15) is 5.10 Å². The lowest BCUT2D eigenvalue weighted by Crippen LogP contribution is -2.51. The van der Waals surface area contributed by atoms with Gasteiger partial charge in [0.05, 0.1) is 12.2 Å². The maximum absolute atomic E-state index is 12.4. The molecule has 0 unspecified atom stereocenters. The van der Waals surface area contributed by atoms with E-state index in [1.165, 1.54) is 19.2 Å². The molecular weight excluding hydrogens is 320 g/mol. The molecule has 3 aromatic rings. The van der Waals surface area contributed by atoms with Gasteiger partial charge in [-0.05, 0) is 6.07 Å². The van der Waals surface area contributed by atoms with Gasteiger partial charge in [0.15, 0.2) is 0 Å². The number of hydrogen-bond acceptors (Lipinski definition) is 5. The molecular formula is C17H16N6O2. The van der Waals surface area contributed by atoms with Crippen LogP contribution in [0, 0.1) is 0 Å². The highest BCUT2D eigenvalue weighted by molar-refractivity contribution is 5.92. The third-order valence-electron chi connectivity index (χ3n) is 4.28. The molecule has 0 spiro atoms. The highest BCUT2D eigenvalue weighted by atomic mass is 16.2. The standard InChI is InChI=1S/C17H16N6O2/c1-21-16(24)8-7-14(19-21)17(25)22-9-13(10-22)23-11-15(18-20-23)12-5-3-2-4-6-12/h2-8,11,13H,9-10H2,1H3. The van der Waals surface area contributed by atoms with Crippen molar-refractivity contribution < 1.29 is 4.79 Å². The Hall–Kier alpha value is -3.29. The normalized spacial score (nSPS) is 14.4. The Morgan fingerprint density at radius 3 is 2.60 bits per heavy atom. The van der Waals surface area contributed by atoms with Gasteiger partial charge >= 0.3 is 0 Å². The van der Waals surface area contributed by atoms with Crippen molar-refractivity contribution in [1.29, 1.82) is 0 Å². The number of rotatable bonds is 3. The van der Waals surface area contributed by atoms with E-state index < -0.39 is 0 Å². The Labute approximate surface area is 143 Å². The van der Waals surface area contributed by atoms with Gasteiger partial charge in [0.25, 0.3) is 11.5 Å². The van der Waals surface area contributed by atoms with Crippen LogP contribution in [-0.4, -0.2) is 48.7 Å². The SMILES string of the molecule is Cn1nc(C(=O)N2CC(n3cc(-c4ccccc4)nn3)C2)ccc1=O. The Morgan fingerprint density at radius 1 is 1.12 bits per heavy atom. The zero-order chi connectivity index (χ0) is 17.4. The summed E-state index contributed by atoms with van der Waals surface area (Å²) >= 11 is 0. The van der Waals surface area contributed by atoms with Crippen LogP contribution in [0.1, 0.15) is 16.5 Å². The number of aromatic nitrogens is 5. The van der Waals surface area contributed by atoms with Gasteiger partial charge in [-0.1, -0.05) is 35.5 Å². The number of amides is 1. The zero-order valence-electron chi connectivity index (χ0n) is 13.6. The summed E-state index contributed by atoms with van der Waals surface area (Å²) in [5.41, 5.74) is 1.85. The second-order valence-corrected chi connectivity index (χ2v) is 5.99. The predicted octanol–water partition coefficient (Wildman–Crippen LogP) is 0.736. The molecule has 4 rings (SSSR count). The van der Waals surface area contributed by atoms with Crippen molar-refractivity contribution in [3.8, 4) is 11.3 Å². The Morgan fingerprint density at radius 2 is 1.88 bits per heavy atom. The summed E-state index contributed by atoms with van der Waals surface area (Å²) in [7, 11) is 1.53. The molecule has 0 bridgehead atoms. The van der Waals surface area contributed by atoms with Crippen LogP contribution in [0.25, 0.3) is 11.3 Å². The first-order chi connectivity index (χ1) is 12.1. The maximum Gasteiger partial charge on any atom is 0.274 e. The largest absolute Gasteiger partial charge is 0.333 e. The minimum Gasteiger partial charge on any atom is -0.333 e. The van der Waals surface area contributed by atoms with Crippen LogP contribution in [-0.2, 0) is 7.05 Å². The second kappa shape index (κ2) is 5.97. The van der Waals surface area contributed by atoms with E-state index >= 15 is 0 Å². The number of aryl methyl sites for hydroxylation is 1. The van der Waals surface area contributed by atoms with Crippen LogP contribution in [0.5, 0.6) is 0 Å². The van der Waals surface area contributed by atoms with E-state index in [2.05, 4.69) is 15.4 Å². The monoisotopic (exact) mass is 336 g/mol. The molecule has 0 atom stereocenters. The van der Waals surface area contributed by atoms with E-state index in [0.29, 0.717) is 13.1 Å². The molecule has 1 fully saturated rings. The van der Waals surface area contributed by atoms with Crippen molar-refractivity contribution in [2.45, 2.75) is 6.04 Å². The summed E-state index contributed by atoms with van der Waals surface area (Å²) in [6.45, 7) is 1.09. The van der Waals surface area contributed by atoms with E-state index in [4.69, 9.17) is 0 Å². The smallest absolute Gasteiger partial charge is 0.274 e. The van der Waals surface area contributed by atoms with E-state index in [1.807, 2.05) is 36.5 Å². The summed E-state index contributed by atoms with van der Waals surface area (Å²) < 4.78 is 2.95. The van der Waals surface area contributed by atoms with Gasteiger partial charge in [0, 0.05) is 31.8 Å². The van der Waals surface area contributed by atoms with Crippen LogP contribution in [0.3, 0.4) is 0 Å². The Kier molecular flexibility index (Phi) is 3.64. The lowest BCUT2D eigenvalue weighted by molar-refractivity contribution is 0.0490.